The molecule has 0 bridgehead atoms. The van der Waals surface area contributed by atoms with Crippen LogP contribution in [0.1, 0.15) is 12.7 Å². The van der Waals surface area contributed by atoms with E-state index in [1.165, 1.54) is 0 Å². The van der Waals surface area contributed by atoms with Gasteiger partial charge in [-0.2, -0.15) is 0 Å². The summed E-state index contributed by atoms with van der Waals surface area (Å²) < 4.78 is 0. The first-order chi connectivity index (χ1) is 8.58. The zero-order valence-electron chi connectivity index (χ0n) is 9.74. The number of aryl methyl sites for hydroxylation is 1. The summed E-state index contributed by atoms with van der Waals surface area (Å²) in [5, 5.41) is 4.24. The number of hydrogen-bond donors (Lipinski definition) is 2. The number of halogens is 2. The third kappa shape index (κ3) is 3.03. The molecule has 2 rings (SSSR count). The summed E-state index contributed by atoms with van der Waals surface area (Å²) in [5.74, 6) is 1.70. The maximum absolute atomic E-state index is 6.06. The monoisotopic (exact) mass is 282 g/mol. The van der Waals surface area contributed by atoms with Crippen LogP contribution in [-0.2, 0) is 6.42 Å². The normalized spacial score (nSPS) is 10.4. The fourth-order valence-corrected chi connectivity index (χ4v) is 1.81. The molecule has 0 amide bonds. The summed E-state index contributed by atoms with van der Waals surface area (Å²) in [6.07, 6.45) is 0.711. The van der Waals surface area contributed by atoms with E-state index in [9.17, 15) is 0 Å². The molecule has 3 N–H and O–H groups in total. The highest BCUT2D eigenvalue weighted by Crippen LogP contribution is 2.28. The summed E-state index contributed by atoms with van der Waals surface area (Å²) in [6.45, 7) is 1.96. The maximum atomic E-state index is 6.06. The minimum absolute atomic E-state index is 0.419. The number of rotatable bonds is 3. The Morgan fingerprint density at radius 1 is 1.22 bits per heavy atom. The number of nitrogen functional groups attached to an aromatic ring is 1. The van der Waals surface area contributed by atoms with Gasteiger partial charge in [-0.25, -0.2) is 9.97 Å². The molecule has 4 nitrogen and oxygen atoms in total. The molecule has 2 aromatic rings. The Kier molecular flexibility index (Phi) is 3.89. The average Bonchev–Trinajstić information content (AvgIpc) is 2.33. The van der Waals surface area contributed by atoms with Gasteiger partial charge in [-0.3, -0.25) is 0 Å². The molecule has 94 valence electrons. The van der Waals surface area contributed by atoms with Crippen LogP contribution in [0.2, 0.25) is 10.0 Å². The Morgan fingerprint density at radius 3 is 2.72 bits per heavy atom. The Bertz CT molecular complexity index is 572. The van der Waals surface area contributed by atoms with Gasteiger partial charge in [0.25, 0.3) is 0 Å². The second kappa shape index (κ2) is 5.42. The van der Waals surface area contributed by atoms with Crippen molar-refractivity contribution in [1.82, 2.24) is 9.97 Å². The molecule has 0 spiro atoms. The lowest BCUT2D eigenvalue weighted by atomic mass is 10.3. The van der Waals surface area contributed by atoms with Crippen LogP contribution in [0.3, 0.4) is 0 Å². The quantitative estimate of drug-likeness (QED) is 0.902. The number of nitrogens with zero attached hydrogens (tertiary/aromatic N) is 2. The van der Waals surface area contributed by atoms with E-state index in [2.05, 4.69) is 15.3 Å². The molecule has 18 heavy (non-hydrogen) atoms. The molecule has 1 aromatic heterocycles. The first-order valence-electron chi connectivity index (χ1n) is 5.44. The maximum Gasteiger partial charge on any atom is 0.136 e. The summed E-state index contributed by atoms with van der Waals surface area (Å²) in [5.41, 5.74) is 6.39. The topological polar surface area (TPSA) is 63.8 Å². The molecule has 0 saturated heterocycles. The predicted molar refractivity (Wildman–Crippen MR) is 75.6 cm³/mol. The fourth-order valence-electron chi connectivity index (χ4n) is 1.47. The molecule has 0 aliphatic heterocycles. The van der Waals surface area contributed by atoms with E-state index in [1.807, 2.05) is 6.92 Å². The van der Waals surface area contributed by atoms with Crippen LogP contribution in [0.5, 0.6) is 0 Å². The van der Waals surface area contributed by atoms with Crippen LogP contribution in [-0.4, -0.2) is 9.97 Å². The molecule has 6 heteroatoms. The smallest absolute Gasteiger partial charge is 0.136 e. The summed E-state index contributed by atoms with van der Waals surface area (Å²) in [7, 11) is 0. The minimum atomic E-state index is 0.419. The number of aromatic nitrogens is 2. The van der Waals surface area contributed by atoms with Crippen molar-refractivity contribution >= 4 is 40.5 Å². The van der Waals surface area contributed by atoms with Crippen LogP contribution in [0.25, 0.3) is 0 Å². The number of nitrogens with one attached hydrogen (secondary N) is 1. The highest BCUT2D eigenvalue weighted by Gasteiger charge is 2.05. The molecule has 0 unspecified atom stereocenters. The molecule has 0 saturated carbocycles. The predicted octanol–water partition coefficient (Wildman–Crippen LogP) is 3.67. The number of anilines is 3. The van der Waals surface area contributed by atoms with Gasteiger partial charge in [-0.15, -0.1) is 0 Å². The largest absolute Gasteiger partial charge is 0.384 e. The standard InChI is InChI=1S/C12H12Cl2N4/c1-2-11-17-10(15)6-12(18-11)16-9-5-7(13)3-4-8(9)14/h3-6H,2H2,1H3,(H3,15,16,17,18). The molecule has 0 radical (unpaired) electrons. The molecule has 0 atom stereocenters. The van der Waals surface area contributed by atoms with Gasteiger partial charge in [0.2, 0.25) is 0 Å². The van der Waals surface area contributed by atoms with E-state index in [1.54, 1.807) is 24.3 Å². The van der Waals surface area contributed by atoms with Gasteiger partial charge < -0.3 is 11.1 Å². The van der Waals surface area contributed by atoms with Crippen molar-refractivity contribution in [3.8, 4) is 0 Å². The summed E-state index contributed by atoms with van der Waals surface area (Å²) in [6, 6.07) is 6.82. The van der Waals surface area contributed by atoms with E-state index in [0.29, 0.717) is 39.6 Å². The number of nitrogens with two attached hydrogens (primary N) is 1. The second-order valence-electron chi connectivity index (χ2n) is 3.70. The van der Waals surface area contributed by atoms with Crippen molar-refractivity contribution in [3.05, 3.63) is 40.1 Å². The van der Waals surface area contributed by atoms with Gasteiger partial charge in [-0.1, -0.05) is 30.1 Å². The van der Waals surface area contributed by atoms with Gasteiger partial charge in [0.15, 0.2) is 0 Å². The third-order valence-corrected chi connectivity index (χ3v) is 2.86. The van der Waals surface area contributed by atoms with Gasteiger partial charge in [0.1, 0.15) is 17.5 Å². The van der Waals surface area contributed by atoms with Crippen molar-refractivity contribution in [1.29, 1.82) is 0 Å². The fraction of sp³-hybridized carbons (Fsp3) is 0.167. The van der Waals surface area contributed by atoms with Gasteiger partial charge in [0, 0.05) is 17.5 Å². The van der Waals surface area contributed by atoms with E-state index < -0.39 is 0 Å². The van der Waals surface area contributed by atoms with Crippen molar-refractivity contribution in [2.45, 2.75) is 13.3 Å². The summed E-state index contributed by atoms with van der Waals surface area (Å²) in [4.78, 5) is 8.42. The zero-order valence-corrected chi connectivity index (χ0v) is 11.3. The minimum Gasteiger partial charge on any atom is -0.384 e. The number of hydrogen-bond acceptors (Lipinski definition) is 4. The average molecular weight is 283 g/mol. The molecular weight excluding hydrogens is 271 g/mol. The lowest BCUT2D eigenvalue weighted by Crippen LogP contribution is -2.03. The van der Waals surface area contributed by atoms with E-state index in [4.69, 9.17) is 28.9 Å². The summed E-state index contributed by atoms with van der Waals surface area (Å²) >= 11 is 12.0. The lowest BCUT2D eigenvalue weighted by Gasteiger charge is -2.09. The van der Waals surface area contributed by atoms with Crippen molar-refractivity contribution < 1.29 is 0 Å². The van der Waals surface area contributed by atoms with E-state index in [0.717, 1.165) is 0 Å². The molecule has 0 aliphatic rings. The van der Waals surface area contributed by atoms with Crippen molar-refractivity contribution in [3.63, 3.8) is 0 Å². The van der Waals surface area contributed by atoms with Crippen LogP contribution in [0.15, 0.2) is 24.3 Å². The van der Waals surface area contributed by atoms with Gasteiger partial charge in [-0.05, 0) is 18.2 Å². The lowest BCUT2D eigenvalue weighted by molar-refractivity contribution is 0.948. The Morgan fingerprint density at radius 2 is 2.00 bits per heavy atom. The van der Waals surface area contributed by atoms with Crippen LogP contribution < -0.4 is 11.1 Å². The van der Waals surface area contributed by atoms with Gasteiger partial charge in [0.05, 0.1) is 10.7 Å². The van der Waals surface area contributed by atoms with Crippen LogP contribution in [0.4, 0.5) is 17.3 Å². The second-order valence-corrected chi connectivity index (χ2v) is 4.54. The Hall–Kier alpha value is -1.52. The Balaban J connectivity index is 2.33. The molecule has 1 heterocycles. The van der Waals surface area contributed by atoms with E-state index in [-0.39, 0.29) is 0 Å². The number of benzene rings is 1. The van der Waals surface area contributed by atoms with Crippen molar-refractivity contribution in [2.24, 2.45) is 0 Å². The third-order valence-electron chi connectivity index (χ3n) is 2.30. The molecular formula is C12H12Cl2N4. The first kappa shape index (κ1) is 12.9. The van der Waals surface area contributed by atoms with E-state index >= 15 is 0 Å². The molecule has 1 aromatic carbocycles. The molecule has 0 aliphatic carbocycles. The van der Waals surface area contributed by atoms with Gasteiger partial charge >= 0.3 is 0 Å². The highest BCUT2D eigenvalue weighted by atomic mass is 35.5. The first-order valence-corrected chi connectivity index (χ1v) is 6.19. The van der Waals surface area contributed by atoms with Crippen LogP contribution in [0, 0.1) is 0 Å². The Labute approximate surface area is 115 Å². The SMILES string of the molecule is CCc1nc(N)cc(Nc2cc(Cl)ccc2Cl)n1. The zero-order chi connectivity index (χ0) is 13.1. The highest BCUT2D eigenvalue weighted by molar-refractivity contribution is 6.35. The van der Waals surface area contributed by atoms with Crippen molar-refractivity contribution in [2.75, 3.05) is 11.1 Å². The van der Waals surface area contributed by atoms with Crippen LogP contribution >= 0.6 is 23.2 Å². The molecule has 0 fully saturated rings.